The quantitative estimate of drug-likeness (QED) is 0.709. The van der Waals surface area contributed by atoms with Gasteiger partial charge in [0.2, 0.25) is 0 Å². The maximum atomic E-state index is 11.0. The number of aromatic carboxylic acids is 1. The number of carboxylic acids is 1. The molecular weight excluding hydrogens is 248 g/mol. The van der Waals surface area contributed by atoms with Gasteiger partial charge in [0, 0.05) is 0 Å². The minimum Gasteiger partial charge on any atom is -0.506 e. The molecule has 0 atom stereocenters. The molecule has 0 aliphatic carbocycles. The van der Waals surface area contributed by atoms with E-state index in [-0.39, 0.29) is 17.0 Å². The molecule has 1 aromatic carbocycles. The molecule has 0 amide bonds. The third kappa shape index (κ3) is 2.75. The monoisotopic (exact) mass is 260 g/mol. The van der Waals surface area contributed by atoms with Gasteiger partial charge in [0.25, 0.3) is 10.1 Å². The molecule has 1 rings (SSSR count). The van der Waals surface area contributed by atoms with E-state index in [1.807, 2.05) is 0 Å². The number of hydrogen-bond donors (Lipinski definition) is 3. The summed E-state index contributed by atoms with van der Waals surface area (Å²) in [5.74, 6) is -2.24. The van der Waals surface area contributed by atoms with Gasteiger partial charge in [-0.3, -0.25) is 4.55 Å². The van der Waals surface area contributed by atoms with Crippen molar-refractivity contribution >= 4 is 16.1 Å². The van der Waals surface area contributed by atoms with Crippen molar-refractivity contribution < 1.29 is 28.0 Å². The van der Waals surface area contributed by atoms with Crippen molar-refractivity contribution in [3.05, 3.63) is 23.3 Å². The van der Waals surface area contributed by atoms with Crippen LogP contribution in [0.1, 0.15) is 35.7 Å². The maximum Gasteiger partial charge on any atom is 0.335 e. The van der Waals surface area contributed by atoms with Crippen molar-refractivity contribution in [3.63, 3.8) is 0 Å². The standard InChI is InChI=1S/C10H12O6S/c1-5(2)7-3-6(10(12)13)4-8(9(7)11)17(14,15)16/h3-5,11H,1-2H3,(H,12,13)(H,14,15,16). The summed E-state index contributed by atoms with van der Waals surface area (Å²) >= 11 is 0. The van der Waals surface area contributed by atoms with Gasteiger partial charge >= 0.3 is 5.97 Å². The van der Waals surface area contributed by atoms with Crippen LogP contribution in [-0.4, -0.2) is 29.2 Å². The van der Waals surface area contributed by atoms with Crippen molar-refractivity contribution in [1.82, 2.24) is 0 Å². The van der Waals surface area contributed by atoms with Crippen molar-refractivity contribution in [2.75, 3.05) is 0 Å². The van der Waals surface area contributed by atoms with E-state index in [0.29, 0.717) is 0 Å². The van der Waals surface area contributed by atoms with Crippen LogP contribution in [0.25, 0.3) is 0 Å². The highest BCUT2D eigenvalue weighted by Crippen LogP contribution is 2.33. The summed E-state index contributed by atoms with van der Waals surface area (Å²) in [6.07, 6.45) is 0. The Morgan fingerprint density at radius 3 is 2.18 bits per heavy atom. The van der Waals surface area contributed by atoms with Crippen molar-refractivity contribution in [2.24, 2.45) is 0 Å². The number of phenolic OH excluding ortho intramolecular Hbond substituents is 1. The summed E-state index contributed by atoms with van der Waals surface area (Å²) in [5, 5.41) is 18.5. The zero-order valence-corrected chi connectivity index (χ0v) is 10.0. The number of carbonyl (C=O) groups is 1. The van der Waals surface area contributed by atoms with Crippen LogP contribution < -0.4 is 0 Å². The second kappa shape index (κ2) is 4.34. The van der Waals surface area contributed by atoms with Crippen LogP contribution in [-0.2, 0) is 10.1 Å². The molecule has 0 fully saturated rings. The molecule has 0 radical (unpaired) electrons. The van der Waals surface area contributed by atoms with Crippen LogP contribution in [0.5, 0.6) is 5.75 Å². The van der Waals surface area contributed by atoms with Crippen molar-refractivity contribution in [3.8, 4) is 5.75 Å². The molecule has 3 N–H and O–H groups in total. The first kappa shape index (κ1) is 13.5. The largest absolute Gasteiger partial charge is 0.506 e. The summed E-state index contributed by atoms with van der Waals surface area (Å²) in [4.78, 5) is 10.0. The molecule has 94 valence electrons. The molecule has 17 heavy (non-hydrogen) atoms. The third-order valence-corrected chi connectivity index (χ3v) is 3.12. The van der Waals surface area contributed by atoms with Crippen LogP contribution in [0, 0.1) is 0 Å². The Kier molecular flexibility index (Phi) is 3.44. The average molecular weight is 260 g/mol. The molecule has 1 aromatic rings. The summed E-state index contributed by atoms with van der Waals surface area (Å²) in [6.45, 7) is 3.32. The molecule has 0 saturated heterocycles. The van der Waals surface area contributed by atoms with Gasteiger partial charge in [0.05, 0.1) is 5.56 Å². The predicted molar refractivity (Wildman–Crippen MR) is 59.0 cm³/mol. The molecular formula is C10H12O6S. The van der Waals surface area contributed by atoms with E-state index >= 15 is 0 Å². The van der Waals surface area contributed by atoms with Gasteiger partial charge in [0.1, 0.15) is 10.6 Å². The number of benzene rings is 1. The highest BCUT2D eigenvalue weighted by atomic mass is 32.2. The van der Waals surface area contributed by atoms with Gasteiger partial charge in [-0.15, -0.1) is 0 Å². The van der Waals surface area contributed by atoms with E-state index in [1.165, 1.54) is 6.07 Å². The number of hydrogen-bond acceptors (Lipinski definition) is 4. The second-order valence-electron chi connectivity index (χ2n) is 3.85. The van der Waals surface area contributed by atoms with Gasteiger partial charge in [-0.25, -0.2) is 4.79 Å². The first-order chi connectivity index (χ1) is 7.64. The topological polar surface area (TPSA) is 112 Å². The molecule has 7 heteroatoms. The molecule has 0 saturated carbocycles. The van der Waals surface area contributed by atoms with Gasteiger partial charge in [-0.2, -0.15) is 8.42 Å². The number of carboxylic acid groups (broad SMARTS) is 1. The lowest BCUT2D eigenvalue weighted by atomic mass is 9.99. The second-order valence-corrected chi connectivity index (χ2v) is 5.24. The normalized spacial score (nSPS) is 11.8. The fraction of sp³-hybridized carbons (Fsp3) is 0.300. The van der Waals surface area contributed by atoms with E-state index in [4.69, 9.17) is 9.66 Å². The summed E-state index contributed by atoms with van der Waals surface area (Å²) in [7, 11) is -4.66. The van der Waals surface area contributed by atoms with Gasteiger partial charge in [-0.1, -0.05) is 13.8 Å². The number of phenols is 1. The zero-order chi connectivity index (χ0) is 13.4. The van der Waals surface area contributed by atoms with Crippen LogP contribution in [0.3, 0.4) is 0 Å². The van der Waals surface area contributed by atoms with E-state index < -0.39 is 26.7 Å². The Balaban J connectivity index is 3.67. The first-order valence-electron chi connectivity index (χ1n) is 4.72. The van der Waals surface area contributed by atoms with Gasteiger partial charge in [-0.05, 0) is 23.6 Å². The van der Waals surface area contributed by atoms with E-state index in [1.54, 1.807) is 13.8 Å². The highest BCUT2D eigenvalue weighted by Gasteiger charge is 2.22. The first-order valence-corrected chi connectivity index (χ1v) is 6.16. The summed E-state index contributed by atoms with van der Waals surface area (Å²) < 4.78 is 30.9. The lowest BCUT2D eigenvalue weighted by Crippen LogP contribution is -2.06. The summed E-state index contributed by atoms with van der Waals surface area (Å²) in [5.41, 5.74) is -0.156. The minimum atomic E-state index is -4.66. The Bertz CT molecular complexity index is 558. The van der Waals surface area contributed by atoms with E-state index in [2.05, 4.69) is 0 Å². The predicted octanol–water partition coefficient (Wildman–Crippen LogP) is 1.46. The lowest BCUT2D eigenvalue weighted by Gasteiger charge is -2.12. The van der Waals surface area contributed by atoms with Crippen molar-refractivity contribution in [2.45, 2.75) is 24.7 Å². The zero-order valence-electron chi connectivity index (χ0n) is 9.21. The molecule has 0 aliphatic rings. The van der Waals surface area contributed by atoms with Crippen LogP contribution in [0.2, 0.25) is 0 Å². The van der Waals surface area contributed by atoms with Crippen LogP contribution in [0.15, 0.2) is 17.0 Å². The number of rotatable bonds is 3. The molecule has 0 aliphatic heterocycles. The van der Waals surface area contributed by atoms with E-state index in [9.17, 15) is 18.3 Å². The fourth-order valence-electron chi connectivity index (χ4n) is 1.39. The summed E-state index contributed by atoms with van der Waals surface area (Å²) in [6, 6.07) is 1.90. The molecule has 6 nitrogen and oxygen atoms in total. The molecule has 0 spiro atoms. The maximum absolute atomic E-state index is 11.0. The minimum absolute atomic E-state index is 0.150. The van der Waals surface area contributed by atoms with Crippen LogP contribution >= 0.6 is 0 Å². The fourth-order valence-corrected chi connectivity index (χ4v) is 2.03. The third-order valence-electron chi connectivity index (χ3n) is 2.25. The number of aromatic hydroxyl groups is 1. The van der Waals surface area contributed by atoms with Crippen LogP contribution in [0.4, 0.5) is 0 Å². The Labute approximate surface area is 98.3 Å². The average Bonchev–Trinajstić information content (AvgIpc) is 2.15. The van der Waals surface area contributed by atoms with E-state index in [0.717, 1.165) is 6.07 Å². The molecule has 0 unspecified atom stereocenters. The molecule has 0 bridgehead atoms. The smallest absolute Gasteiger partial charge is 0.335 e. The molecule has 0 heterocycles. The van der Waals surface area contributed by atoms with Gasteiger partial charge < -0.3 is 10.2 Å². The SMILES string of the molecule is CC(C)c1cc(C(=O)O)cc(S(=O)(=O)O)c1O. The Morgan fingerprint density at radius 2 is 1.82 bits per heavy atom. The van der Waals surface area contributed by atoms with Crippen molar-refractivity contribution in [1.29, 1.82) is 0 Å². The Morgan fingerprint density at radius 1 is 1.29 bits per heavy atom. The molecule has 0 aromatic heterocycles. The lowest BCUT2D eigenvalue weighted by molar-refractivity contribution is 0.0696. The Hall–Kier alpha value is -1.60. The van der Waals surface area contributed by atoms with Gasteiger partial charge in [0.15, 0.2) is 0 Å². The highest BCUT2D eigenvalue weighted by molar-refractivity contribution is 7.86.